The molecule has 1 aliphatic heterocycles. The van der Waals surface area contributed by atoms with Gasteiger partial charge in [0.25, 0.3) is 0 Å². The molecule has 8 heteroatoms. The molecule has 1 fully saturated rings. The minimum absolute atomic E-state index is 0. The molecule has 1 aromatic rings. The van der Waals surface area contributed by atoms with Crippen LogP contribution < -0.4 is 15.4 Å². The van der Waals surface area contributed by atoms with Crippen molar-refractivity contribution in [2.45, 2.75) is 12.6 Å². The van der Waals surface area contributed by atoms with Gasteiger partial charge in [-0.2, -0.15) is 0 Å². The molecule has 0 aliphatic carbocycles. The van der Waals surface area contributed by atoms with Gasteiger partial charge < -0.3 is 10.6 Å². The Labute approximate surface area is 118 Å². The highest BCUT2D eigenvalue weighted by atomic mass is 35.5. The van der Waals surface area contributed by atoms with Crippen molar-refractivity contribution in [1.29, 1.82) is 0 Å². The highest BCUT2D eigenvalue weighted by molar-refractivity contribution is 7.92. The third-order valence-corrected chi connectivity index (χ3v) is 3.29. The summed E-state index contributed by atoms with van der Waals surface area (Å²) in [4.78, 5) is 0. The molecule has 5 nitrogen and oxygen atoms in total. The SMILES string of the molecule is CS(=O)(=O)Nc1ccc(F)c(CC2NCCN2)c1.Cl. The molecule has 19 heavy (non-hydrogen) atoms. The fourth-order valence-electron chi connectivity index (χ4n) is 1.94. The summed E-state index contributed by atoms with van der Waals surface area (Å²) >= 11 is 0. The standard InChI is InChI=1S/C11H16FN3O2S.ClH/c1-18(16,17)15-9-2-3-10(12)8(6-9)7-11-13-4-5-14-11;/h2-3,6,11,13-15H,4-5,7H2,1H3;1H. The molecule has 1 aromatic carbocycles. The molecule has 0 aromatic heterocycles. The van der Waals surface area contributed by atoms with Crippen LogP contribution in [0.15, 0.2) is 18.2 Å². The normalized spacial score (nSPS) is 16.1. The van der Waals surface area contributed by atoms with Gasteiger partial charge in [-0.05, 0) is 23.8 Å². The topological polar surface area (TPSA) is 70.2 Å². The van der Waals surface area contributed by atoms with Gasteiger partial charge in [0.2, 0.25) is 10.0 Å². The van der Waals surface area contributed by atoms with Crippen LogP contribution >= 0.6 is 12.4 Å². The van der Waals surface area contributed by atoms with Gasteiger partial charge >= 0.3 is 0 Å². The lowest BCUT2D eigenvalue weighted by Gasteiger charge is -2.13. The van der Waals surface area contributed by atoms with Crippen LogP contribution in [0.2, 0.25) is 0 Å². The van der Waals surface area contributed by atoms with Gasteiger partial charge in [-0.25, -0.2) is 12.8 Å². The van der Waals surface area contributed by atoms with Crippen molar-refractivity contribution in [3.05, 3.63) is 29.6 Å². The maximum atomic E-state index is 13.6. The van der Waals surface area contributed by atoms with E-state index in [1.54, 1.807) is 0 Å². The second kappa shape index (κ2) is 6.51. The molecule has 0 radical (unpaired) electrons. The van der Waals surface area contributed by atoms with E-state index >= 15 is 0 Å². The fraction of sp³-hybridized carbons (Fsp3) is 0.455. The third-order valence-electron chi connectivity index (χ3n) is 2.68. The molecule has 3 N–H and O–H groups in total. The average molecular weight is 310 g/mol. The van der Waals surface area contributed by atoms with Crippen LogP contribution in [0, 0.1) is 5.82 Å². The van der Waals surface area contributed by atoms with Crippen LogP contribution in [0.25, 0.3) is 0 Å². The van der Waals surface area contributed by atoms with E-state index < -0.39 is 10.0 Å². The first kappa shape index (κ1) is 16.2. The van der Waals surface area contributed by atoms with E-state index in [9.17, 15) is 12.8 Å². The van der Waals surface area contributed by atoms with Gasteiger partial charge in [-0.3, -0.25) is 4.72 Å². The summed E-state index contributed by atoms with van der Waals surface area (Å²) in [5, 5.41) is 6.37. The van der Waals surface area contributed by atoms with E-state index in [0.717, 1.165) is 19.3 Å². The summed E-state index contributed by atoms with van der Waals surface area (Å²) in [6.45, 7) is 1.71. The zero-order chi connectivity index (χ0) is 13.2. The first-order valence-corrected chi connectivity index (χ1v) is 7.56. The monoisotopic (exact) mass is 309 g/mol. The Morgan fingerprint density at radius 2 is 2.00 bits per heavy atom. The zero-order valence-corrected chi connectivity index (χ0v) is 12.1. The molecule has 0 atom stereocenters. The van der Waals surface area contributed by atoms with E-state index in [2.05, 4.69) is 15.4 Å². The molecule has 1 heterocycles. The minimum atomic E-state index is -3.34. The fourth-order valence-corrected chi connectivity index (χ4v) is 2.49. The van der Waals surface area contributed by atoms with Gasteiger partial charge in [-0.1, -0.05) is 0 Å². The number of hydrogen-bond acceptors (Lipinski definition) is 4. The molecule has 108 valence electrons. The quantitative estimate of drug-likeness (QED) is 0.765. The van der Waals surface area contributed by atoms with Crippen LogP contribution in [-0.2, 0) is 16.4 Å². The van der Waals surface area contributed by atoms with Crippen molar-refractivity contribution in [2.75, 3.05) is 24.1 Å². The van der Waals surface area contributed by atoms with Crippen molar-refractivity contribution >= 4 is 28.1 Å². The number of sulfonamides is 1. The van der Waals surface area contributed by atoms with Crippen LogP contribution in [0.1, 0.15) is 5.56 Å². The van der Waals surface area contributed by atoms with Crippen molar-refractivity contribution < 1.29 is 12.8 Å². The van der Waals surface area contributed by atoms with E-state index in [1.807, 2.05) is 0 Å². The lowest BCUT2D eigenvalue weighted by molar-refractivity contribution is 0.527. The lowest BCUT2D eigenvalue weighted by atomic mass is 10.1. The second-order valence-electron chi connectivity index (χ2n) is 4.35. The van der Waals surface area contributed by atoms with Gasteiger partial charge in [0.05, 0.1) is 12.4 Å². The summed E-state index contributed by atoms with van der Waals surface area (Å²) in [5.41, 5.74) is 0.863. The molecule has 2 rings (SSSR count). The maximum absolute atomic E-state index is 13.6. The van der Waals surface area contributed by atoms with Crippen LogP contribution in [0.3, 0.4) is 0 Å². The van der Waals surface area contributed by atoms with Gasteiger partial charge in [0.1, 0.15) is 5.82 Å². The molecule has 1 aliphatic rings. The Hall–Kier alpha value is -0.890. The Morgan fingerprint density at radius 1 is 1.37 bits per heavy atom. The van der Waals surface area contributed by atoms with E-state index in [4.69, 9.17) is 0 Å². The summed E-state index contributed by atoms with van der Waals surface area (Å²) in [5.74, 6) is -0.329. The molecular weight excluding hydrogens is 293 g/mol. The smallest absolute Gasteiger partial charge is 0.229 e. The Morgan fingerprint density at radius 3 is 2.58 bits per heavy atom. The zero-order valence-electron chi connectivity index (χ0n) is 10.4. The Balaban J connectivity index is 0.00000180. The second-order valence-corrected chi connectivity index (χ2v) is 6.09. The van der Waals surface area contributed by atoms with Crippen molar-refractivity contribution in [2.24, 2.45) is 0 Å². The number of anilines is 1. The summed E-state index contributed by atoms with van der Waals surface area (Å²) in [6, 6.07) is 4.21. The molecule has 0 unspecified atom stereocenters. The highest BCUT2D eigenvalue weighted by Gasteiger charge is 2.16. The summed E-state index contributed by atoms with van der Waals surface area (Å²) < 4.78 is 38.2. The van der Waals surface area contributed by atoms with Crippen LogP contribution in [0.5, 0.6) is 0 Å². The lowest BCUT2D eigenvalue weighted by Crippen LogP contribution is -2.33. The molecule has 0 saturated carbocycles. The van der Waals surface area contributed by atoms with Crippen LogP contribution in [-0.4, -0.2) is 33.9 Å². The average Bonchev–Trinajstić information content (AvgIpc) is 2.73. The largest absolute Gasteiger partial charge is 0.300 e. The number of benzene rings is 1. The molecular formula is C11H17ClFN3O2S. The van der Waals surface area contributed by atoms with E-state index in [-0.39, 0.29) is 24.4 Å². The summed E-state index contributed by atoms with van der Waals surface area (Å²) in [6.07, 6.45) is 1.58. The van der Waals surface area contributed by atoms with E-state index in [0.29, 0.717) is 17.7 Å². The van der Waals surface area contributed by atoms with Gasteiger partial charge in [-0.15, -0.1) is 12.4 Å². The van der Waals surface area contributed by atoms with Crippen LogP contribution in [0.4, 0.5) is 10.1 Å². The van der Waals surface area contributed by atoms with Gasteiger partial charge in [0, 0.05) is 25.2 Å². The number of hydrogen-bond donors (Lipinski definition) is 3. The molecule has 1 saturated heterocycles. The number of halogens is 2. The molecule has 0 spiro atoms. The number of nitrogens with one attached hydrogen (secondary N) is 3. The molecule has 0 bridgehead atoms. The third kappa shape index (κ3) is 4.94. The van der Waals surface area contributed by atoms with Crippen molar-refractivity contribution in [3.63, 3.8) is 0 Å². The van der Waals surface area contributed by atoms with Gasteiger partial charge in [0.15, 0.2) is 0 Å². The van der Waals surface area contributed by atoms with Crippen molar-refractivity contribution in [1.82, 2.24) is 10.6 Å². The van der Waals surface area contributed by atoms with E-state index in [1.165, 1.54) is 18.2 Å². The maximum Gasteiger partial charge on any atom is 0.229 e. The predicted octanol–water partition coefficient (Wildman–Crippen LogP) is 0.680. The number of rotatable bonds is 4. The van der Waals surface area contributed by atoms with Crippen molar-refractivity contribution in [3.8, 4) is 0 Å². The summed E-state index contributed by atoms with van der Waals surface area (Å²) in [7, 11) is -3.34. The predicted molar refractivity (Wildman–Crippen MR) is 75.6 cm³/mol. The first-order valence-electron chi connectivity index (χ1n) is 5.67. The molecule has 0 amide bonds. The highest BCUT2D eigenvalue weighted by Crippen LogP contribution is 2.17. The first-order chi connectivity index (χ1) is 8.44. The minimum Gasteiger partial charge on any atom is -0.300 e. The Bertz CT molecular complexity index is 533. The Kier molecular flexibility index (Phi) is 5.54.